The molecule has 0 aliphatic rings. The topological polar surface area (TPSA) is 38.9 Å². The van der Waals surface area contributed by atoms with Gasteiger partial charge in [0.05, 0.1) is 10.2 Å². The standard InChI is InChI=1S/C8H7ClN2S/c9-4-5-2-1-3-6-7(5)12-8(10)11-6/h1-3H,4H2,(H2,10,11). The zero-order chi connectivity index (χ0) is 8.55. The highest BCUT2D eigenvalue weighted by atomic mass is 35.5. The Balaban J connectivity index is 2.78. The molecule has 0 spiro atoms. The zero-order valence-corrected chi connectivity index (χ0v) is 7.82. The first-order valence-corrected chi connectivity index (χ1v) is 4.86. The van der Waals surface area contributed by atoms with Crippen LogP contribution in [0.2, 0.25) is 0 Å². The lowest BCUT2D eigenvalue weighted by Gasteiger charge is -1.93. The third-order valence-electron chi connectivity index (χ3n) is 1.66. The minimum Gasteiger partial charge on any atom is -0.375 e. The largest absolute Gasteiger partial charge is 0.375 e. The molecule has 0 aliphatic carbocycles. The molecule has 2 nitrogen and oxygen atoms in total. The van der Waals surface area contributed by atoms with Crippen molar-refractivity contribution in [3.8, 4) is 0 Å². The molecule has 1 aromatic heterocycles. The van der Waals surface area contributed by atoms with E-state index in [1.54, 1.807) is 0 Å². The highest BCUT2D eigenvalue weighted by Gasteiger charge is 2.03. The van der Waals surface area contributed by atoms with Gasteiger partial charge >= 0.3 is 0 Å². The van der Waals surface area contributed by atoms with Gasteiger partial charge in [-0.25, -0.2) is 4.98 Å². The van der Waals surface area contributed by atoms with Gasteiger partial charge in [0.1, 0.15) is 0 Å². The Morgan fingerprint density at radius 3 is 3.08 bits per heavy atom. The second-order valence-corrected chi connectivity index (χ2v) is 3.75. The van der Waals surface area contributed by atoms with Gasteiger partial charge in [-0.05, 0) is 11.6 Å². The number of benzene rings is 1. The summed E-state index contributed by atoms with van der Waals surface area (Å²) in [5.74, 6) is 0.513. The van der Waals surface area contributed by atoms with Gasteiger partial charge in [-0.2, -0.15) is 0 Å². The summed E-state index contributed by atoms with van der Waals surface area (Å²) >= 11 is 7.24. The Bertz CT molecular complexity index is 410. The maximum Gasteiger partial charge on any atom is 0.181 e. The monoisotopic (exact) mass is 198 g/mol. The molecule has 0 saturated heterocycles. The lowest BCUT2D eigenvalue weighted by molar-refractivity contribution is 1.44. The Morgan fingerprint density at radius 1 is 1.50 bits per heavy atom. The van der Waals surface area contributed by atoms with Gasteiger partial charge < -0.3 is 5.73 Å². The van der Waals surface area contributed by atoms with Crippen molar-refractivity contribution in [2.24, 2.45) is 0 Å². The molecule has 12 heavy (non-hydrogen) atoms. The molecule has 62 valence electrons. The van der Waals surface area contributed by atoms with Crippen LogP contribution in [-0.2, 0) is 5.88 Å². The number of thiazole rings is 1. The fraction of sp³-hybridized carbons (Fsp3) is 0.125. The summed E-state index contributed by atoms with van der Waals surface area (Å²) in [6.45, 7) is 0. The molecule has 0 amide bonds. The molecule has 0 fully saturated rings. The van der Waals surface area contributed by atoms with E-state index in [-0.39, 0.29) is 0 Å². The highest BCUT2D eigenvalue weighted by molar-refractivity contribution is 7.22. The maximum absolute atomic E-state index is 5.75. The van der Waals surface area contributed by atoms with Gasteiger partial charge in [0.25, 0.3) is 0 Å². The molecule has 4 heteroatoms. The smallest absolute Gasteiger partial charge is 0.181 e. The summed E-state index contributed by atoms with van der Waals surface area (Å²) in [6.07, 6.45) is 0. The second kappa shape index (κ2) is 2.92. The van der Waals surface area contributed by atoms with Crippen molar-refractivity contribution in [2.45, 2.75) is 5.88 Å². The summed E-state index contributed by atoms with van der Waals surface area (Å²) in [5.41, 5.74) is 7.62. The molecule has 0 aliphatic heterocycles. The van der Waals surface area contributed by atoms with Crippen LogP contribution < -0.4 is 5.73 Å². The molecule has 0 radical (unpaired) electrons. The number of hydrogen-bond donors (Lipinski definition) is 1. The van der Waals surface area contributed by atoms with Crippen LogP contribution in [0.5, 0.6) is 0 Å². The normalized spacial score (nSPS) is 10.8. The lowest BCUT2D eigenvalue weighted by atomic mass is 10.2. The summed E-state index contributed by atoms with van der Waals surface area (Å²) in [5, 5.41) is 0.600. The number of nitrogens with zero attached hydrogens (tertiary/aromatic N) is 1. The first-order valence-electron chi connectivity index (χ1n) is 3.51. The van der Waals surface area contributed by atoms with E-state index in [0.29, 0.717) is 11.0 Å². The summed E-state index contributed by atoms with van der Waals surface area (Å²) in [7, 11) is 0. The number of nitrogens with two attached hydrogens (primary N) is 1. The van der Waals surface area contributed by atoms with Gasteiger partial charge in [0.15, 0.2) is 5.13 Å². The average molecular weight is 199 g/mol. The number of halogens is 1. The number of fused-ring (bicyclic) bond motifs is 1. The minimum absolute atomic E-state index is 0.513. The Kier molecular flexibility index (Phi) is 1.90. The van der Waals surface area contributed by atoms with Gasteiger partial charge in [-0.3, -0.25) is 0 Å². The molecule has 1 aromatic carbocycles. The van der Waals surface area contributed by atoms with Crippen LogP contribution >= 0.6 is 22.9 Å². The molecular formula is C8H7ClN2S. The molecule has 1 heterocycles. The van der Waals surface area contributed by atoms with E-state index >= 15 is 0 Å². The summed E-state index contributed by atoms with van der Waals surface area (Å²) in [6, 6.07) is 5.88. The molecular weight excluding hydrogens is 192 g/mol. The van der Waals surface area contributed by atoms with Crippen LogP contribution in [0.1, 0.15) is 5.56 Å². The van der Waals surface area contributed by atoms with E-state index in [2.05, 4.69) is 4.98 Å². The second-order valence-electron chi connectivity index (χ2n) is 2.45. The molecule has 2 N–H and O–H groups in total. The lowest BCUT2D eigenvalue weighted by Crippen LogP contribution is -1.79. The van der Waals surface area contributed by atoms with Crippen molar-refractivity contribution >= 4 is 38.3 Å². The van der Waals surface area contributed by atoms with Crippen molar-refractivity contribution < 1.29 is 0 Å². The molecule has 2 aromatic rings. The quantitative estimate of drug-likeness (QED) is 0.716. The Labute approximate surface area is 79.0 Å². The molecule has 2 rings (SSSR count). The van der Waals surface area contributed by atoms with Gasteiger partial charge in [-0.1, -0.05) is 23.5 Å². The first kappa shape index (κ1) is 7.83. The van der Waals surface area contributed by atoms with E-state index in [1.807, 2.05) is 18.2 Å². The van der Waals surface area contributed by atoms with Crippen molar-refractivity contribution in [1.82, 2.24) is 4.98 Å². The van der Waals surface area contributed by atoms with Crippen LogP contribution in [0, 0.1) is 0 Å². The minimum atomic E-state index is 0.513. The van der Waals surface area contributed by atoms with E-state index in [4.69, 9.17) is 17.3 Å². The third kappa shape index (κ3) is 1.15. The van der Waals surface area contributed by atoms with E-state index < -0.39 is 0 Å². The Hall–Kier alpha value is -0.800. The summed E-state index contributed by atoms with van der Waals surface area (Å²) < 4.78 is 1.10. The van der Waals surface area contributed by atoms with Crippen molar-refractivity contribution in [3.63, 3.8) is 0 Å². The van der Waals surface area contributed by atoms with E-state index in [1.165, 1.54) is 11.3 Å². The number of hydrogen-bond acceptors (Lipinski definition) is 3. The zero-order valence-electron chi connectivity index (χ0n) is 6.25. The van der Waals surface area contributed by atoms with Crippen LogP contribution in [0.25, 0.3) is 10.2 Å². The highest BCUT2D eigenvalue weighted by Crippen LogP contribution is 2.27. The molecule has 0 atom stereocenters. The van der Waals surface area contributed by atoms with Crippen molar-refractivity contribution in [3.05, 3.63) is 23.8 Å². The van der Waals surface area contributed by atoms with Gasteiger partial charge in [-0.15, -0.1) is 11.6 Å². The predicted molar refractivity (Wildman–Crippen MR) is 53.6 cm³/mol. The van der Waals surface area contributed by atoms with E-state index in [9.17, 15) is 0 Å². The Morgan fingerprint density at radius 2 is 2.33 bits per heavy atom. The summed E-state index contributed by atoms with van der Waals surface area (Å²) in [4.78, 5) is 4.16. The maximum atomic E-state index is 5.75. The third-order valence-corrected chi connectivity index (χ3v) is 2.92. The first-order chi connectivity index (χ1) is 5.81. The fourth-order valence-electron chi connectivity index (χ4n) is 1.13. The number of rotatable bonds is 1. The fourth-order valence-corrected chi connectivity index (χ4v) is 2.27. The molecule has 0 saturated carbocycles. The van der Waals surface area contributed by atoms with E-state index in [0.717, 1.165) is 15.8 Å². The molecule has 0 unspecified atom stereocenters. The van der Waals surface area contributed by atoms with Crippen LogP contribution in [0.15, 0.2) is 18.2 Å². The number of alkyl halides is 1. The number of anilines is 1. The number of nitrogen functional groups attached to an aromatic ring is 1. The van der Waals surface area contributed by atoms with Crippen molar-refractivity contribution in [1.29, 1.82) is 0 Å². The SMILES string of the molecule is Nc1nc2cccc(CCl)c2s1. The van der Waals surface area contributed by atoms with Crippen LogP contribution in [-0.4, -0.2) is 4.98 Å². The molecule has 0 bridgehead atoms. The van der Waals surface area contributed by atoms with Crippen molar-refractivity contribution in [2.75, 3.05) is 5.73 Å². The van der Waals surface area contributed by atoms with Crippen LogP contribution in [0.4, 0.5) is 5.13 Å². The number of aromatic nitrogens is 1. The van der Waals surface area contributed by atoms with Crippen LogP contribution in [0.3, 0.4) is 0 Å². The van der Waals surface area contributed by atoms with Gasteiger partial charge in [0, 0.05) is 5.88 Å². The van der Waals surface area contributed by atoms with Gasteiger partial charge in [0.2, 0.25) is 0 Å². The average Bonchev–Trinajstić information content (AvgIpc) is 2.44. The predicted octanol–water partition coefficient (Wildman–Crippen LogP) is 2.62.